The van der Waals surface area contributed by atoms with Gasteiger partial charge < -0.3 is 10.1 Å². The molecule has 0 bridgehead atoms. The summed E-state index contributed by atoms with van der Waals surface area (Å²) in [6, 6.07) is 14.5. The Hall–Kier alpha value is -2.29. The van der Waals surface area contributed by atoms with Crippen molar-refractivity contribution in [2.45, 2.75) is 112 Å². The average molecular weight is 759 g/mol. The van der Waals surface area contributed by atoms with E-state index in [9.17, 15) is 9.90 Å². The number of carbonyl (C=O) groups is 1. The van der Waals surface area contributed by atoms with Crippen molar-refractivity contribution in [2.24, 2.45) is 23.7 Å². The van der Waals surface area contributed by atoms with Crippen molar-refractivity contribution in [1.29, 1.82) is 0 Å². The van der Waals surface area contributed by atoms with Crippen molar-refractivity contribution in [2.75, 3.05) is 0 Å². The molecule has 43 heavy (non-hydrogen) atoms. The Morgan fingerprint density at radius 3 is 2.12 bits per heavy atom. The molecule has 0 saturated heterocycles. The van der Waals surface area contributed by atoms with Crippen molar-refractivity contribution >= 4 is 16.6 Å². The monoisotopic (exact) mass is 759 g/mol. The second-order valence-electron chi connectivity index (χ2n) is 13.3. The number of allylic oxidation sites excluding steroid dienone is 2. The summed E-state index contributed by atoms with van der Waals surface area (Å²) in [6.45, 7) is 8.77. The fraction of sp³-hybridized carbons (Fsp3) is 0.538. The van der Waals surface area contributed by atoms with Gasteiger partial charge >= 0.3 is 0 Å². The summed E-state index contributed by atoms with van der Waals surface area (Å²) >= 11 is 0. The largest absolute Gasteiger partial charge is 0.512 e. The third-order valence-electron chi connectivity index (χ3n) is 9.76. The zero-order chi connectivity index (χ0) is 28.9. The van der Waals surface area contributed by atoms with Gasteiger partial charge in [-0.3, -0.25) is 4.79 Å². The number of hydrogen-bond acceptors (Lipinski definition) is 3. The van der Waals surface area contributed by atoms with Gasteiger partial charge in [-0.1, -0.05) is 79.0 Å². The Labute approximate surface area is 274 Å². The maximum absolute atomic E-state index is 12.2. The summed E-state index contributed by atoms with van der Waals surface area (Å²) in [5.74, 6) is 2.48. The van der Waals surface area contributed by atoms with E-state index in [1.165, 1.54) is 65.1 Å². The molecule has 1 heterocycles. The summed E-state index contributed by atoms with van der Waals surface area (Å²) in [4.78, 5) is 17.0. The number of rotatable bonds is 4. The molecule has 2 saturated carbocycles. The van der Waals surface area contributed by atoms with Crippen molar-refractivity contribution in [3.63, 3.8) is 0 Å². The standard InChI is InChI=1S/C21H20N.C17H28O2.CH4.Ir/c1-14-10-15(2)12-18(11-14)21-19-9-5-8-16-6-3-4-7-17(13-22-21)20(16)19;1-12-3-7-14(8-4-12)16(18)11-17(19)15-9-5-13(2)6-10-15;;/h5,8-11,13H,3-4,6-7H2,1-2H3;11-15,18H,3-10H2,1-2H3;1H4;/q-1;;;. The van der Waals surface area contributed by atoms with Crippen LogP contribution in [0.1, 0.15) is 108 Å². The molecule has 3 nitrogen and oxygen atoms in total. The maximum Gasteiger partial charge on any atom is 0.162 e. The first kappa shape index (κ1) is 35.2. The minimum atomic E-state index is 0. The molecule has 1 radical (unpaired) electrons. The molecule has 235 valence electrons. The SMILES string of the molecule is C.CC1CCC(C(=O)C=C(O)C2CCC(C)CC2)CC1.Cc1[c-]c(-c2ncc3c4c(cccc24)CCCC3)cc(C)c1.[Ir]. The Balaban J connectivity index is 0.000000228. The molecule has 0 unspecified atom stereocenters. The summed E-state index contributed by atoms with van der Waals surface area (Å²) in [6.07, 6.45) is 17.3. The molecule has 1 aromatic heterocycles. The summed E-state index contributed by atoms with van der Waals surface area (Å²) in [7, 11) is 0. The number of pyridine rings is 1. The fourth-order valence-electron chi connectivity index (χ4n) is 7.20. The average Bonchev–Trinajstić information content (AvgIpc) is 3.17. The van der Waals surface area contributed by atoms with Crippen LogP contribution < -0.4 is 0 Å². The molecule has 0 aliphatic heterocycles. The van der Waals surface area contributed by atoms with Gasteiger partial charge in [0.1, 0.15) is 0 Å². The molecule has 0 amide bonds. The molecule has 4 heteroatoms. The quantitative estimate of drug-likeness (QED) is 0.164. The molecule has 3 aliphatic carbocycles. The van der Waals surface area contributed by atoms with Crippen LogP contribution in [0.3, 0.4) is 0 Å². The van der Waals surface area contributed by atoms with Crippen LogP contribution >= 0.6 is 0 Å². The van der Waals surface area contributed by atoms with Crippen molar-refractivity contribution in [1.82, 2.24) is 4.98 Å². The van der Waals surface area contributed by atoms with E-state index in [1.807, 2.05) is 0 Å². The predicted molar refractivity (Wildman–Crippen MR) is 177 cm³/mol. The van der Waals surface area contributed by atoms with Gasteiger partial charge in [0.05, 0.1) is 5.76 Å². The third kappa shape index (κ3) is 8.89. The van der Waals surface area contributed by atoms with Crippen LogP contribution in [0.4, 0.5) is 0 Å². The minimum Gasteiger partial charge on any atom is -0.512 e. The number of aryl methyl sites for hydroxylation is 4. The number of nitrogens with zero attached hydrogens (tertiary/aromatic N) is 1. The maximum atomic E-state index is 12.2. The van der Waals surface area contributed by atoms with Crippen LogP contribution in [0.5, 0.6) is 0 Å². The molecule has 0 atom stereocenters. The van der Waals surface area contributed by atoms with Gasteiger partial charge in [-0.2, -0.15) is 0 Å². The van der Waals surface area contributed by atoms with Gasteiger partial charge in [0.15, 0.2) is 5.78 Å². The molecule has 2 fully saturated rings. The summed E-state index contributed by atoms with van der Waals surface area (Å²) < 4.78 is 0. The van der Waals surface area contributed by atoms with E-state index in [0.717, 1.165) is 68.0 Å². The Morgan fingerprint density at radius 1 is 0.884 bits per heavy atom. The number of benzene rings is 2. The number of ketones is 1. The van der Waals surface area contributed by atoms with E-state index >= 15 is 0 Å². The van der Waals surface area contributed by atoms with Gasteiger partial charge in [0, 0.05) is 44.2 Å². The minimum absolute atomic E-state index is 0. The molecule has 6 rings (SSSR count). The van der Waals surface area contributed by atoms with Crippen molar-refractivity contribution in [3.8, 4) is 11.3 Å². The zero-order valence-electron chi connectivity index (χ0n) is 26.0. The van der Waals surface area contributed by atoms with E-state index in [2.05, 4.69) is 70.3 Å². The summed E-state index contributed by atoms with van der Waals surface area (Å²) in [5, 5.41) is 12.9. The smallest absolute Gasteiger partial charge is 0.162 e. The Kier molecular flexibility index (Phi) is 13.2. The molecule has 3 aromatic rings. The fourth-order valence-corrected chi connectivity index (χ4v) is 7.20. The first-order valence-electron chi connectivity index (χ1n) is 16.1. The van der Waals surface area contributed by atoms with Crippen LogP contribution in [0.15, 0.2) is 48.4 Å². The number of aliphatic hydroxyl groups excluding tert-OH is 1. The molecular formula is C39H52IrNO2-. The van der Waals surface area contributed by atoms with E-state index in [0.29, 0.717) is 5.76 Å². The van der Waals surface area contributed by atoms with Crippen LogP contribution in [0.2, 0.25) is 0 Å². The Bertz CT molecular complexity index is 1360. The van der Waals surface area contributed by atoms with Gasteiger partial charge in [-0.05, 0) is 90.8 Å². The van der Waals surface area contributed by atoms with Gasteiger partial charge in [0.2, 0.25) is 0 Å². The number of aromatic nitrogens is 1. The molecule has 3 aliphatic rings. The number of hydrogen-bond donors (Lipinski definition) is 1. The molecule has 0 spiro atoms. The van der Waals surface area contributed by atoms with E-state index in [-0.39, 0.29) is 45.2 Å². The van der Waals surface area contributed by atoms with Crippen LogP contribution in [-0.2, 0) is 37.7 Å². The van der Waals surface area contributed by atoms with Crippen molar-refractivity contribution < 1.29 is 30.0 Å². The summed E-state index contributed by atoms with van der Waals surface area (Å²) in [5.41, 5.74) is 7.54. The van der Waals surface area contributed by atoms with E-state index in [4.69, 9.17) is 4.98 Å². The first-order chi connectivity index (χ1) is 19.8. The van der Waals surface area contributed by atoms with Gasteiger partial charge in [-0.15, -0.1) is 34.9 Å². The predicted octanol–water partition coefficient (Wildman–Crippen LogP) is 10.5. The van der Waals surface area contributed by atoms with Gasteiger partial charge in [-0.25, -0.2) is 0 Å². The topological polar surface area (TPSA) is 50.2 Å². The second kappa shape index (κ2) is 16.1. The third-order valence-corrected chi connectivity index (χ3v) is 9.76. The number of aliphatic hydroxyl groups is 1. The normalized spacial score (nSPS) is 23.6. The second-order valence-corrected chi connectivity index (χ2v) is 13.3. The van der Waals surface area contributed by atoms with Crippen LogP contribution in [0, 0.1) is 43.6 Å². The molecule has 1 N–H and O–H groups in total. The Morgan fingerprint density at radius 2 is 1.49 bits per heavy atom. The molecule has 2 aromatic carbocycles. The molecular weight excluding hydrogens is 707 g/mol. The van der Waals surface area contributed by atoms with Crippen LogP contribution in [-0.4, -0.2) is 15.9 Å². The van der Waals surface area contributed by atoms with E-state index in [1.54, 1.807) is 6.08 Å². The van der Waals surface area contributed by atoms with E-state index < -0.39 is 0 Å². The van der Waals surface area contributed by atoms with Gasteiger partial charge in [0.25, 0.3) is 0 Å². The van der Waals surface area contributed by atoms with Crippen LogP contribution in [0.25, 0.3) is 22.0 Å². The first-order valence-corrected chi connectivity index (χ1v) is 16.1. The zero-order valence-corrected chi connectivity index (χ0v) is 28.4. The van der Waals surface area contributed by atoms with Crippen molar-refractivity contribution in [3.05, 3.63) is 76.7 Å². The number of carbonyl (C=O) groups excluding carboxylic acids is 1.